The molecule has 0 saturated carbocycles. The zero-order valence-corrected chi connectivity index (χ0v) is 12.5. The monoisotopic (exact) mass is 268 g/mol. The van der Waals surface area contributed by atoms with Crippen LogP contribution in [0.3, 0.4) is 0 Å². The molecule has 1 amide bonds. The third kappa shape index (κ3) is 4.42. The highest BCUT2D eigenvalue weighted by Gasteiger charge is 2.19. The molecule has 0 aliphatic heterocycles. The van der Waals surface area contributed by atoms with Gasteiger partial charge >= 0.3 is 0 Å². The van der Waals surface area contributed by atoms with Crippen molar-refractivity contribution in [3.05, 3.63) is 22.4 Å². The minimum absolute atomic E-state index is 0.0827. The quantitative estimate of drug-likeness (QED) is 0.798. The third-order valence-corrected chi connectivity index (χ3v) is 4.13. The fraction of sp³-hybridized carbons (Fsp3) is 0.643. The molecule has 0 radical (unpaired) electrons. The van der Waals surface area contributed by atoms with Crippen molar-refractivity contribution >= 4 is 17.2 Å². The molecule has 1 heterocycles. The van der Waals surface area contributed by atoms with E-state index in [4.69, 9.17) is 0 Å². The van der Waals surface area contributed by atoms with Gasteiger partial charge in [0, 0.05) is 17.0 Å². The minimum atomic E-state index is -0.161. The number of carbonyl (C=O) groups excluding carboxylic acids is 1. The summed E-state index contributed by atoms with van der Waals surface area (Å²) in [6.07, 6.45) is 1.95. The summed E-state index contributed by atoms with van der Waals surface area (Å²) in [5, 5.41) is 8.48. The smallest absolute Gasteiger partial charge is 0.237 e. The van der Waals surface area contributed by atoms with E-state index in [2.05, 4.69) is 35.9 Å². The molecular formula is C14H24N2OS. The van der Waals surface area contributed by atoms with Gasteiger partial charge < -0.3 is 5.32 Å². The summed E-state index contributed by atoms with van der Waals surface area (Å²) < 4.78 is 0. The van der Waals surface area contributed by atoms with Crippen LogP contribution in [-0.2, 0) is 4.79 Å². The van der Waals surface area contributed by atoms with Crippen molar-refractivity contribution in [2.24, 2.45) is 0 Å². The third-order valence-electron chi connectivity index (χ3n) is 3.14. The highest BCUT2D eigenvalue weighted by molar-refractivity contribution is 7.10. The fourth-order valence-corrected chi connectivity index (χ4v) is 2.61. The summed E-state index contributed by atoms with van der Waals surface area (Å²) in [6.45, 7) is 8.16. The summed E-state index contributed by atoms with van der Waals surface area (Å²) in [5.74, 6) is 0.0827. The van der Waals surface area contributed by atoms with E-state index < -0.39 is 0 Å². The average Bonchev–Trinajstić information content (AvgIpc) is 2.88. The van der Waals surface area contributed by atoms with Crippen molar-refractivity contribution in [2.75, 3.05) is 0 Å². The average molecular weight is 268 g/mol. The molecule has 0 aliphatic rings. The Morgan fingerprint density at radius 2 is 2.06 bits per heavy atom. The van der Waals surface area contributed by atoms with Crippen LogP contribution < -0.4 is 10.6 Å². The maximum Gasteiger partial charge on any atom is 0.237 e. The number of hydrogen-bond acceptors (Lipinski definition) is 3. The molecular weight excluding hydrogens is 244 g/mol. The number of hydrogen-bond donors (Lipinski definition) is 2. The Kier molecular flexibility index (Phi) is 6.36. The first kappa shape index (κ1) is 15.2. The molecule has 0 aliphatic carbocycles. The van der Waals surface area contributed by atoms with Crippen molar-refractivity contribution in [3.8, 4) is 0 Å². The molecule has 0 aromatic carbocycles. The van der Waals surface area contributed by atoms with E-state index in [0.29, 0.717) is 0 Å². The lowest BCUT2D eigenvalue weighted by atomic mass is 10.1. The summed E-state index contributed by atoms with van der Waals surface area (Å²) in [6, 6.07) is 4.51. The molecule has 3 atom stereocenters. The van der Waals surface area contributed by atoms with Gasteiger partial charge in [-0.1, -0.05) is 19.9 Å². The van der Waals surface area contributed by atoms with E-state index in [0.717, 1.165) is 12.8 Å². The maximum atomic E-state index is 12.0. The summed E-state index contributed by atoms with van der Waals surface area (Å²) in [7, 11) is 0. The number of thiophene rings is 1. The molecule has 3 nitrogen and oxygen atoms in total. The molecule has 0 spiro atoms. The van der Waals surface area contributed by atoms with Gasteiger partial charge in [-0.2, -0.15) is 0 Å². The normalized spacial score (nSPS) is 16.0. The SMILES string of the molecule is CCC(C)NC(=O)C(C)NC(CC)c1cccs1. The van der Waals surface area contributed by atoms with Gasteiger partial charge in [0.1, 0.15) is 0 Å². The van der Waals surface area contributed by atoms with Crippen molar-refractivity contribution in [3.63, 3.8) is 0 Å². The number of rotatable bonds is 7. The first-order valence-corrected chi connectivity index (χ1v) is 7.56. The van der Waals surface area contributed by atoms with Gasteiger partial charge in [0.05, 0.1) is 6.04 Å². The molecule has 3 unspecified atom stereocenters. The highest BCUT2D eigenvalue weighted by Crippen LogP contribution is 2.22. The van der Waals surface area contributed by atoms with Crippen molar-refractivity contribution < 1.29 is 4.79 Å². The number of amides is 1. The lowest BCUT2D eigenvalue weighted by molar-refractivity contribution is -0.123. The predicted molar refractivity (Wildman–Crippen MR) is 77.8 cm³/mol. The molecule has 1 rings (SSSR count). The van der Waals surface area contributed by atoms with Crippen molar-refractivity contribution in [1.29, 1.82) is 0 Å². The molecule has 2 N–H and O–H groups in total. The van der Waals surface area contributed by atoms with Crippen LogP contribution in [0.4, 0.5) is 0 Å². The van der Waals surface area contributed by atoms with Crippen LogP contribution in [0.2, 0.25) is 0 Å². The minimum Gasteiger partial charge on any atom is -0.352 e. The summed E-state index contributed by atoms with van der Waals surface area (Å²) >= 11 is 1.73. The molecule has 4 heteroatoms. The molecule has 0 bridgehead atoms. The van der Waals surface area contributed by atoms with Gasteiger partial charge in [-0.05, 0) is 38.1 Å². The summed E-state index contributed by atoms with van der Waals surface area (Å²) in [4.78, 5) is 13.3. The molecule has 0 fully saturated rings. The Morgan fingerprint density at radius 1 is 1.33 bits per heavy atom. The standard InChI is InChI=1S/C14H24N2OS/c1-5-10(3)15-14(17)11(4)16-12(6-2)13-8-7-9-18-13/h7-12,16H,5-6H2,1-4H3,(H,15,17). The van der Waals surface area contributed by atoms with E-state index in [1.807, 2.05) is 19.9 Å². The van der Waals surface area contributed by atoms with Gasteiger partial charge in [-0.25, -0.2) is 0 Å². The molecule has 18 heavy (non-hydrogen) atoms. The first-order valence-electron chi connectivity index (χ1n) is 6.68. The molecule has 1 aromatic heterocycles. The number of nitrogens with one attached hydrogen (secondary N) is 2. The van der Waals surface area contributed by atoms with E-state index >= 15 is 0 Å². The molecule has 102 valence electrons. The second kappa shape index (κ2) is 7.54. The van der Waals surface area contributed by atoms with Crippen LogP contribution >= 0.6 is 11.3 Å². The van der Waals surface area contributed by atoms with Gasteiger partial charge in [0.2, 0.25) is 5.91 Å². The summed E-state index contributed by atoms with van der Waals surface area (Å²) in [5.41, 5.74) is 0. The Labute approximate surface area is 114 Å². The van der Waals surface area contributed by atoms with E-state index in [1.165, 1.54) is 4.88 Å². The zero-order chi connectivity index (χ0) is 13.5. The fourth-order valence-electron chi connectivity index (χ4n) is 1.74. The Hall–Kier alpha value is -0.870. The Morgan fingerprint density at radius 3 is 2.56 bits per heavy atom. The van der Waals surface area contributed by atoms with Crippen LogP contribution in [0.15, 0.2) is 17.5 Å². The number of carbonyl (C=O) groups is 1. The predicted octanol–water partition coefficient (Wildman–Crippen LogP) is 3.09. The van der Waals surface area contributed by atoms with Crippen LogP contribution in [-0.4, -0.2) is 18.0 Å². The second-order valence-corrected chi connectivity index (χ2v) is 5.66. The Bertz CT molecular complexity index is 351. The van der Waals surface area contributed by atoms with E-state index in [-0.39, 0.29) is 24.0 Å². The largest absolute Gasteiger partial charge is 0.352 e. The zero-order valence-electron chi connectivity index (χ0n) is 11.7. The second-order valence-electron chi connectivity index (χ2n) is 4.68. The maximum absolute atomic E-state index is 12.0. The Balaban J connectivity index is 2.52. The van der Waals surface area contributed by atoms with Gasteiger partial charge in [0.25, 0.3) is 0 Å². The van der Waals surface area contributed by atoms with Gasteiger partial charge in [-0.3, -0.25) is 10.1 Å². The first-order chi connectivity index (χ1) is 8.58. The van der Waals surface area contributed by atoms with Gasteiger partial charge in [-0.15, -0.1) is 11.3 Å². The lowest BCUT2D eigenvalue weighted by Crippen LogP contribution is -2.46. The highest BCUT2D eigenvalue weighted by atomic mass is 32.1. The van der Waals surface area contributed by atoms with Crippen molar-refractivity contribution in [2.45, 2.75) is 58.7 Å². The molecule has 0 saturated heterocycles. The van der Waals surface area contributed by atoms with Crippen LogP contribution in [0.1, 0.15) is 51.5 Å². The van der Waals surface area contributed by atoms with Gasteiger partial charge in [0.15, 0.2) is 0 Å². The van der Waals surface area contributed by atoms with E-state index in [1.54, 1.807) is 11.3 Å². The molecule has 1 aromatic rings. The van der Waals surface area contributed by atoms with Crippen LogP contribution in [0.25, 0.3) is 0 Å². The lowest BCUT2D eigenvalue weighted by Gasteiger charge is -2.22. The topological polar surface area (TPSA) is 41.1 Å². The van der Waals surface area contributed by atoms with E-state index in [9.17, 15) is 4.79 Å². The van der Waals surface area contributed by atoms with Crippen LogP contribution in [0, 0.1) is 0 Å². The van der Waals surface area contributed by atoms with Crippen LogP contribution in [0.5, 0.6) is 0 Å². The van der Waals surface area contributed by atoms with Crippen molar-refractivity contribution in [1.82, 2.24) is 10.6 Å².